The fourth-order valence-electron chi connectivity index (χ4n) is 1.89. The van der Waals surface area contributed by atoms with E-state index in [2.05, 4.69) is 5.32 Å². The molecule has 0 aromatic carbocycles. The van der Waals surface area contributed by atoms with E-state index in [1.54, 1.807) is 41.5 Å². The number of alkyl halides is 3. The van der Waals surface area contributed by atoms with Gasteiger partial charge in [0.05, 0.1) is 6.42 Å². The van der Waals surface area contributed by atoms with Crippen LogP contribution in [-0.4, -0.2) is 46.8 Å². The van der Waals surface area contributed by atoms with Crippen LogP contribution < -0.4 is 5.32 Å². The van der Waals surface area contributed by atoms with Crippen LogP contribution in [-0.2, 0) is 19.1 Å². The standard InChI is InChI=1S/C19H31F3N2O4S/c1-12(2)15(26)24-14(25)10-13(23)17(3,4)11-28-16(27)18(5,6)29-9-7-8-19(20,21)22/h12,23H,7-11H2,1-6H3,(H,24,25,26). The first-order chi connectivity index (χ1) is 13.0. The Kier molecular flexibility index (Phi) is 10.4. The van der Waals surface area contributed by atoms with Crippen LogP contribution >= 0.6 is 11.8 Å². The number of halogens is 3. The molecule has 0 aliphatic heterocycles. The zero-order valence-electron chi connectivity index (χ0n) is 17.8. The van der Waals surface area contributed by atoms with Gasteiger partial charge in [0.1, 0.15) is 11.4 Å². The summed E-state index contributed by atoms with van der Waals surface area (Å²) in [5.74, 6) is -1.84. The summed E-state index contributed by atoms with van der Waals surface area (Å²) < 4.78 is 40.8. The maximum atomic E-state index is 12.3. The number of esters is 1. The van der Waals surface area contributed by atoms with Gasteiger partial charge >= 0.3 is 12.1 Å². The number of ether oxygens (including phenoxy) is 1. The van der Waals surface area contributed by atoms with Crippen molar-refractivity contribution in [1.29, 1.82) is 5.41 Å². The Hall–Kier alpha value is -1.58. The molecule has 0 saturated carbocycles. The van der Waals surface area contributed by atoms with Crippen LogP contribution in [0.1, 0.15) is 60.8 Å². The van der Waals surface area contributed by atoms with Crippen molar-refractivity contribution in [1.82, 2.24) is 5.32 Å². The van der Waals surface area contributed by atoms with Crippen molar-refractivity contribution in [2.24, 2.45) is 11.3 Å². The van der Waals surface area contributed by atoms with Gasteiger partial charge in [0.25, 0.3) is 0 Å². The van der Waals surface area contributed by atoms with E-state index in [0.29, 0.717) is 0 Å². The molecule has 0 saturated heterocycles. The highest BCUT2D eigenvalue weighted by molar-refractivity contribution is 8.01. The Morgan fingerprint density at radius 3 is 2.14 bits per heavy atom. The number of carbonyl (C=O) groups excluding carboxylic acids is 3. The largest absolute Gasteiger partial charge is 0.464 e. The van der Waals surface area contributed by atoms with Crippen molar-refractivity contribution >= 4 is 35.3 Å². The molecule has 0 aromatic rings. The van der Waals surface area contributed by atoms with Gasteiger partial charge in [-0.2, -0.15) is 13.2 Å². The Bertz CT molecular complexity index is 617. The molecule has 6 nitrogen and oxygen atoms in total. The highest BCUT2D eigenvalue weighted by Gasteiger charge is 2.34. The van der Waals surface area contributed by atoms with E-state index in [9.17, 15) is 27.6 Å². The summed E-state index contributed by atoms with van der Waals surface area (Å²) in [6.45, 7) is 9.50. The molecule has 0 aromatic heterocycles. The molecule has 10 heteroatoms. The lowest BCUT2D eigenvalue weighted by Crippen LogP contribution is -2.40. The first-order valence-corrected chi connectivity index (χ1v) is 10.3. The zero-order chi connectivity index (χ0) is 23.0. The van der Waals surface area contributed by atoms with Crippen molar-refractivity contribution in [3.8, 4) is 0 Å². The smallest absolute Gasteiger partial charge is 0.389 e. The van der Waals surface area contributed by atoms with Gasteiger partial charge in [0, 0.05) is 23.5 Å². The number of imide groups is 1. The maximum Gasteiger partial charge on any atom is 0.389 e. The second-order valence-corrected chi connectivity index (χ2v) is 9.98. The number of nitrogens with one attached hydrogen (secondary N) is 2. The molecule has 0 bridgehead atoms. The molecule has 29 heavy (non-hydrogen) atoms. The average Bonchev–Trinajstić information content (AvgIpc) is 2.55. The highest BCUT2D eigenvalue weighted by atomic mass is 32.2. The number of amides is 2. The Balaban J connectivity index is 4.57. The quantitative estimate of drug-likeness (QED) is 0.286. The van der Waals surface area contributed by atoms with E-state index in [0.717, 1.165) is 11.8 Å². The lowest BCUT2D eigenvalue weighted by atomic mass is 9.86. The van der Waals surface area contributed by atoms with Crippen LogP contribution in [0.3, 0.4) is 0 Å². The summed E-state index contributed by atoms with van der Waals surface area (Å²) in [4.78, 5) is 35.7. The summed E-state index contributed by atoms with van der Waals surface area (Å²) in [5, 5.41) is 10.3. The van der Waals surface area contributed by atoms with Crippen molar-refractivity contribution in [2.45, 2.75) is 71.7 Å². The van der Waals surface area contributed by atoms with Crippen molar-refractivity contribution in [3.63, 3.8) is 0 Å². The van der Waals surface area contributed by atoms with Gasteiger partial charge in [-0.15, -0.1) is 11.8 Å². The lowest BCUT2D eigenvalue weighted by molar-refractivity contribution is -0.147. The van der Waals surface area contributed by atoms with E-state index in [-0.39, 0.29) is 36.8 Å². The summed E-state index contributed by atoms with van der Waals surface area (Å²) in [6.07, 6.45) is -5.53. The maximum absolute atomic E-state index is 12.3. The van der Waals surface area contributed by atoms with Crippen molar-refractivity contribution in [2.75, 3.05) is 12.4 Å². The Morgan fingerprint density at radius 2 is 1.66 bits per heavy atom. The molecule has 2 N–H and O–H groups in total. The second kappa shape index (κ2) is 11.0. The van der Waals surface area contributed by atoms with Gasteiger partial charge in [0.15, 0.2) is 0 Å². The first-order valence-electron chi connectivity index (χ1n) is 9.27. The molecule has 0 unspecified atom stereocenters. The molecule has 0 atom stereocenters. The van der Waals surface area contributed by atoms with Gasteiger partial charge in [0.2, 0.25) is 11.8 Å². The lowest BCUT2D eigenvalue weighted by Gasteiger charge is -2.28. The zero-order valence-corrected chi connectivity index (χ0v) is 18.6. The molecular formula is C19H31F3N2O4S. The number of hydrogen-bond donors (Lipinski definition) is 2. The molecular weight excluding hydrogens is 409 g/mol. The second-order valence-electron chi connectivity index (χ2n) is 8.26. The first kappa shape index (κ1) is 27.4. The fraction of sp³-hybridized carbons (Fsp3) is 0.789. The van der Waals surface area contributed by atoms with Crippen LogP contribution in [0, 0.1) is 16.7 Å². The number of carbonyl (C=O) groups is 3. The van der Waals surface area contributed by atoms with Crippen LogP contribution in [0.4, 0.5) is 13.2 Å². The summed E-state index contributed by atoms with van der Waals surface area (Å²) >= 11 is 1.08. The predicted molar refractivity (Wildman–Crippen MR) is 107 cm³/mol. The van der Waals surface area contributed by atoms with Gasteiger partial charge in [-0.05, 0) is 26.0 Å². The fourth-order valence-corrected chi connectivity index (χ4v) is 2.87. The minimum absolute atomic E-state index is 0.00464. The number of thioether (sulfide) groups is 1. The summed E-state index contributed by atoms with van der Waals surface area (Å²) in [5.41, 5.74) is -0.944. The predicted octanol–water partition coefficient (Wildman–Crippen LogP) is 4.12. The third-order valence-electron chi connectivity index (χ3n) is 4.06. The van der Waals surface area contributed by atoms with E-state index in [1.165, 1.54) is 0 Å². The average molecular weight is 441 g/mol. The highest BCUT2D eigenvalue weighted by Crippen LogP contribution is 2.30. The topological polar surface area (TPSA) is 96.3 Å². The van der Waals surface area contributed by atoms with E-state index >= 15 is 0 Å². The van der Waals surface area contributed by atoms with Gasteiger partial charge in [-0.1, -0.05) is 27.7 Å². The Morgan fingerprint density at radius 1 is 1.10 bits per heavy atom. The third-order valence-corrected chi connectivity index (χ3v) is 5.45. The minimum Gasteiger partial charge on any atom is -0.464 e. The van der Waals surface area contributed by atoms with Crippen LogP contribution in [0.2, 0.25) is 0 Å². The molecule has 0 rings (SSSR count). The molecule has 0 spiro atoms. The van der Waals surface area contributed by atoms with Gasteiger partial charge in [-0.25, -0.2) is 0 Å². The van der Waals surface area contributed by atoms with Gasteiger partial charge < -0.3 is 10.1 Å². The monoisotopic (exact) mass is 440 g/mol. The summed E-state index contributed by atoms with van der Waals surface area (Å²) in [7, 11) is 0. The molecule has 0 fully saturated rings. The van der Waals surface area contributed by atoms with Crippen molar-refractivity contribution < 1.29 is 32.3 Å². The SMILES string of the molecule is CC(C)C(=O)NC(=O)CC(=N)C(C)(C)COC(=O)C(C)(C)SCCCC(F)(F)F. The van der Waals surface area contributed by atoms with E-state index in [1.807, 2.05) is 0 Å². The van der Waals surface area contributed by atoms with E-state index in [4.69, 9.17) is 10.1 Å². The molecule has 0 aliphatic rings. The molecule has 168 valence electrons. The summed E-state index contributed by atoms with van der Waals surface area (Å²) in [6, 6.07) is 0. The van der Waals surface area contributed by atoms with E-state index < -0.39 is 40.5 Å². The normalized spacial score (nSPS) is 12.6. The molecule has 0 aliphatic carbocycles. The molecule has 0 heterocycles. The Labute approximate surface area is 174 Å². The van der Waals surface area contributed by atoms with Gasteiger partial charge in [-0.3, -0.25) is 19.7 Å². The number of hydrogen-bond acceptors (Lipinski definition) is 6. The van der Waals surface area contributed by atoms with Crippen LogP contribution in [0.5, 0.6) is 0 Å². The molecule has 2 amide bonds. The van der Waals surface area contributed by atoms with Crippen molar-refractivity contribution in [3.05, 3.63) is 0 Å². The minimum atomic E-state index is -4.22. The molecule has 0 radical (unpaired) electrons. The van der Waals surface area contributed by atoms with Crippen LogP contribution in [0.25, 0.3) is 0 Å². The number of rotatable bonds is 11. The third kappa shape index (κ3) is 11.3. The van der Waals surface area contributed by atoms with Crippen LogP contribution in [0.15, 0.2) is 0 Å².